The summed E-state index contributed by atoms with van der Waals surface area (Å²) in [4.78, 5) is 30.0. The molecule has 6 aliphatic rings. The first-order valence-corrected chi connectivity index (χ1v) is 19.3. The van der Waals surface area contributed by atoms with Crippen molar-refractivity contribution in [2.45, 2.75) is 69.1 Å². The minimum Gasteiger partial charge on any atom is -0.490 e. The predicted octanol–water partition coefficient (Wildman–Crippen LogP) is 5.50. The van der Waals surface area contributed by atoms with Crippen molar-refractivity contribution in [2.75, 3.05) is 45.3 Å². The maximum atomic E-state index is 15.4. The zero-order chi connectivity index (χ0) is 34.8. The average molecular weight is 714 g/mol. The van der Waals surface area contributed by atoms with Crippen LogP contribution in [0.3, 0.4) is 0 Å². The Labute approximate surface area is 293 Å². The lowest BCUT2D eigenvalue weighted by atomic mass is 9.64. The van der Waals surface area contributed by atoms with Crippen LogP contribution in [0.1, 0.15) is 67.4 Å². The van der Waals surface area contributed by atoms with Crippen LogP contribution in [0.15, 0.2) is 42.0 Å². The summed E-state index contributed by atoms with van der Waals surface area (Å²) in [6, 6.07) is 8.62. The van der Waals surface area contributed by atoms with Crippen LogP contribution in [0.25, 0.3) is 0 Å². The average Bonchev–Trinajstić information content (AvgIpc) is 3.18. The van der Waals surface area contributed by atoms with Gasteiger partial charge < -0.3 is 19.3 Å². The molecule has 2 aromatic rings. The molecular weight excluding hydrogens is 669 g/mol. The van der Waals surface area contributed by atoms with Gasteiger partial charge in [0.25, 0.3) is 5.91 Å². The predicted molar refractivity (Wildman–Crippen MR) is 186 cm³/mol. The number of nitrogens with one attached hydrogen (secondary N) is 1. The summed E-state index contributed by atoms with van der Waals surface area (Å²) in [6.07, 6.45) is 6.59. The van der Waals surface area contributed by atoms with E-state index in [0.717, 1.165) is 36.8 Å². The molecular formula is C37H45ClFN3O6S. The summed E-state index contributed by atoms with van der Waals surface area (Å²) in [5, 5.41) is -0.712. The Bertz CT molecular complexity index is 1820. The molecule has 264 valence electrons. The second-order valence-electron chi connectivity index (χ2n) is 15.0. The summed E-state index contributed by atoms with van der Waals surface area (Å²) in [7, 11) is -0.579. The molecule has 3 heterocycles. The number of rotatable bonds is 3. The first kappa shape index (κ1) is 34.3. The van der Waals surface area contributed by atoms with Gasteiger partial charge in [0.15, 0.2) is 0 Å². The lowest BCUT2D eigenvalue weighted by Crippen LogP contribution is -2.51. The highest BCUT2D eigenvalue weighted by molar-refractivity contribution is 7.90. The van der Waals surface area contributed by atoms with E-state index in [1.54, 1.807) is 45.3 Å². The quantitative estimate of drug-likeness (QED) is 0.420. The number of likely N-dealkylation sites (N-methyl/N-ethyl adjacent to an activating group) is 1. The Hall–Kier alpha value is -3.15. The van der Waals surface area contributed by atoms with Crippen LogP contribution in [0, 0.1) is 29.5 Å². The zero-order valence-electron chi connectivity index (χ0n) is 28.5. The van der Waals surface area contributed by atoms with E-state index >= 15 is 4.39 Å². The Morgan fingerprint density at radius 3 is 2.69 bits per heavy atom. The number of carbonyl (C=O) groups is 2. The Balaban J connectivity index is 1.31. The van der Waals surface area contributed by atoms with E-state index in [4.69, 9.17) is 21.1 Å². The highest BCUT2D eigenvalue weighted by atomic mass is 35.5. The third kappa shape index (κ3) is 6.14. The largest absolute Gasteiger partial charge is 0.490 e. The monoisotopic (exact) mass is 713 g/mol. The molecule has 1 N–H and O–H groups in total. The van der Waals surface area contributed by atoms with E-state index in [2.05, 4.69) is 15.7 Å². The number of halogens is 2. The number of ether oxygens (including phenoxy) is 2. The van der Waals surface area contributed by atoms with E-state index in [0.29, 0.717) is 49.5 Å². The van der Waals surface area contributed by atoms with Crippen molar-refractivity contribution < 1.29 is 31.9 Å². The standard InChI is InChI=1S/C37H45ClFN3O6S/c1-21-22(2)49(45,46)40-36(44)23-8-12-32-31(16-23)42(19-37(20-48-32)13-5-6-28-29(37)10-11-30(38)34(28)39)17-24-7-9-27(24)35(26-14-25(21)15-26)47-18-33(43)41(3)4/h8,10-12,14,16,21-22,24-25,27,35H,5-7,9,13,15,17-20H2,1-4H3,(H,40,44)/t21-,22-,24+,25+,27-,35+,37+/m1/s1. The normalized spacial score (nSPS) is 31.8. The second kappa shape index (κ2) is 12.9. The van der Waals surface area contributed by atoms with Gasteiger partial charge in [0.1, 0.15) is 18.2 Å². The number of hydrogen-bond donors (Lipinski definition) is 1. The second-order valence-corrected chi connectivity index (χ2v) is 17.5. The van der Waals surface area contributed by atoms with Crippen LogP contribution in [-0.4, -0.2) is 76.9 Å². The number of hydrogen-bond acceptors (Lipinski definition) is 7. The summed E-state index contributed by atoms with van der Waals surface area (Å²) in [5.74, 6) is -0.453. The molecule has 8 rings (SSSR count). The lowest BCUT2D eigenvalue weighted by molar-refractivity contribution is -0.137. The van der Waals surface area contributed by atoms with E-state index in [1.807, 2.05) is 13.0 Å². The Morgan fingerprint density at radius 2 is 1.98 bits per heavy atom. The van der Waals surface area contributed by atoms with Crippen LogP contribution >= 0.6 is 11.6 Å². The first-order chi connectivity index (χ1) is 23.3. The Kier molecular flexibility index (Phi) is 9.01. The van der Waals surface area contributed by atoms with Gasteiger partial charge in [-0.3, -0.25) is 9.59 Å². The van der Waals surface area contributed by atoms with E-state index in [-0.39, 0.29) is 58.7 Å². The molecule has 3 aliphatic heterocycles. The number of fused-ring (bicyclic) bond motifs is 6. The van der Waals surface area contributed by atoms with Gasteiger partial charge in [0, 0.05) is 38.2 Å². The lowest BCUT2D eigenvalue weighted by Gasteiger charge is -2.48. The molecule has 1 fully saturated rings. The topological polar surface area (TPSA) is 105 Å². The number of allylic oxidation sites excluding steroid dienone is 1. The van der Waals surface area contributed by atoms with Gasteiger partial charge in [-0.2, -0.15) is 0 Å². The molecule has 12 heteroatoms. The van der Waals surface area contributed by atoms with Gasteiger partial charge in [0.05, 0.1) is 28.7 Å². The van der Waals surface area contributed by atoms with Crippen molar-refractivity contribution in [1.29, 1.82) is 0 Å². The maximum absolute atomic E-state index is 15.4. The smallest absolute Gasteiger partial charge is 0.264 e. The van der Waals surface area contributed by atoms with Crippen LogP contribution in [0.5, 0.6) is 5.75 Å². The van der Waals surface area contributed by atoms with Crippen molar-refractivity contribution in [3.05, 3.63) is 69.5 Å². The molecule has 0 saturated heterocycles. The molecule has 0 aromatic heterocycles. The van der Waals surface area contributed by atoms with Gasteiger partial charge in [-0.15, -0.1) is 0 Å². The fourth-order valence-corrected chi connectivity index (χ4v) is 10.1. The number of benzene rings is 2. The van der Waals surface area contributed by atoms with Crippen molar-refractivity contribution in [3.63, 3.8) is 0 Å². The number of anilines is 1. The zero-order valence-corrected chi connectivity index (χ0v) is 30.1. The molecule has 0 radical (unpaired) electrons. The molecule has 1 saturated carbocycles. The highest BCUT2D eigenvalue weighted by Crippen LogP contribution is 2.50. The molecule has 0 unspecified atom stereocenters. The van der Waals surface area contributed by atoms with Crippen molar-refractivity contribution >= 4 is 39.1 Å². The van der Waals surface area contributed by atoms with E-state index in [9.17, 15) is 18.0 Å². The van der Waals surface area contributed by atoms with Crippen LogP contribution < -0.4 is 14.4 Å². The third-order valence-electron chi connectivity index (χ3n) is 12.0. The number of carbonyl (C=O) groups excluding carboxylic acids is 2. The first-order valence-electron chi connectivity index (χ1n) is 17.4. The van der Waals surface area contributed by atoms with E-state index in [1.165, 1.54) is 4.90 Å². The minimum absolute atomic E-state index is 0.00697. The summed E-state index contributed by atoms with van der Waals surface area (Å²) in [6.45, 7) is 4.98. The van der Waals surface area contributed by atoms with Crippen LogP contribution in [0.2, 0.25) is 5.02 Å². The van der Waals surface area contributed by atoms with Gasteiger partial charge in [0.2, 0.25) is 15.9 Å². The van der Waals surface area contributed by atoms with Gasteiger partial charge in [-0.1, -0.05) is 30.7 Å². The fraction of sp³-hybridized carbons (Fsp3) is 0.568. The summed E-state index contributed by atoms with van der Waals surface area (Å²) < 4.78 is 57.8. The van der Waals surface area contributed by atoms with Crippen LogP contribution in [-0.2, 0) is 31.4 Å². The third-order valence-corrected chi connectivity index (χ3v) is 14.2. The van der Waals surface area contributed by atoms with E-state index < -0.39 is 26.6 Å². The molecule has 49 heavy (non-hydrogen) atoms. The molecule has 2 amide bonds. The maximum Gasteiger partial charge on any atom is 0.264 e. The number of sulfonamides is 1. The number of nitrogens with zero attached hydrogens (tertiary/aromatic N) is 2. The molecule has 7 atom stereocenters. The number of amides is 2. The fourth-order valence-electron chi connectivity index (χ4n) is 8.56. The Morgan fingerprint density at radius 1 is 1.20 bits per heavy atom. The van der Waals surface area contributed by atoms with Crippen LogP contribution in [0.4, 0.5) is 10.1 Å². The molecule has 3 aliphatic carbocycles. The van der Waals surface area contributed by atoms with Gasteiger partial charge in [-0.25, -0.2) is 17.5 Å². The van der Waals surface area contributed by atoms with Crippen molar-refractivity contribution in [2.24, 2.45) is 23.7 Å². The highest BCUT2D eigenvalue weighted by Gasteiger charge is 2.47. The molecule has 9 nitrogen and oxygen atoms in total. The SMILES string of the molecule is C[C@@H]1[C@@H](C)S(=O)(=O)NC(=O)c2ccc3c(c2)N(C[C@@H]2CC[C@H]2[C@@H](OCC(=O)N(C)C)C2=C[C@H]1C2)C[C@@]1(CCCc2c1ccc(Cl)c2F)CO3. The van der Waals surface area contributed by atoms with Crippen molar-refractivity contribution in [1.82, 2.24) is 9.62 Å². The van der Waals surface area contributed by atoms with Gasteiger partial charge in [-0.05, 0) is 110 Å². The van der Waals surface area contributed by atoms with Crippen molar-refractivity contribution in [3.8, 4) is 5.75 Å². The molecule has 4 bridgehead atoms. The summed E-state index contributed by atoms with van der Waals surface area (Å²) >= 11 is 6.24. The molecule has 1 spiro atoms. The minimum atomic E-state index is -4.00. The van der Waals surface area contributed by atoms with Gasteiger partial charge >= 0.3 is 0 Å². The summed E-state index contributed by atoms with van der Waals surface area (Å²) in [5.41, 5.74) is 3.01. The molecule has 2 aromatic carbocycles.